The molecular weight excluding hydrogens is 955 g/mol. The molecule has 0 N–H and O–H groups in total. The van der Waals surface area contributed by atoms with Gasteiger partial charge in [-0.3, -0.25) is 0 Å². The van der Waals surface area contributed by atoms with E-state index in [0.717, 1.165) is 16.7 Å². The van der Waals surface area contributed by atoms with E-state index < -0.39 is 16.1 Å². The van der Waals surface area contributed by atoms with E-state index in [-0.39, 0.29) is 0 Å². The molecule has 0 radical (unpaired) electrons. The molecule has 0 amide bonds. The SMILES string of the molecule is c1ccc(-c2nc(-c3cccc([Si]4(c5ccccc5)c5ccccc5-n5c6ccccc6c6cccc4c65)c3)nc(-c3cccc([Si]4(c5ccccc5)c5ccccc5-n5c6ccccc6c6cccc4c65)c3)n2)cc1. The lowest BCUT2D eigenvalue weighted by atomic mass is 10.1. The summed E-state index contributed by atoms with van der Waals surface area (Å²) < 4.78 is 5.03. The molecule has 16 rings (SSSR count). The van der Waals surface area contributed by atoms with Gasteiger partial charge < -0.3 is 9.13 Å². The Kier molecular flexibility index (Phi) is 9.31. The molecule has 2 atom stereocenters. The molecule has 14 aromatic rings. The van der Waals surface area contributed by atoms with Crippen LogP contribution in [0.2, 0.25) is 0 Å². The Bertz CT molecular complexity index is 4390. The van der Waals surface area contributed by atoms with E-state index in [1.807, 2.05) is 6.07 Å². The van der Waals surface area contributed by atoms with Crippen LogP contribution in [0.1, 0.15) is 0 Å². The predicted molar refractivity (Wildman–Crippen MR) is 319 cm³/mol. The van der Waals surface area contributed by atoms with Crippen LogP contribution in [0.4, 0.5) is 0 Å². The molecule has 3 aromatic heterocycles. The van der Waals surface area contributed by atoms with E-state index in [4.69, 9.17) is 15.0 Å². The Balaban J connectivity index is 0.934. The minimum absolute atomic E-state index is 0.635. The lowest BCUT2D eigenvalue weighted by molar-refractivity contribution is 1.07. The number of para-hydroxylation sites is 6. The van der Waals surface area contributed by atoms with Crippen LogP contribution in [0.15, 0.2) is 273 Å². The molecule has 0 spiro atoms. The Morgan fingerprint density at radius 2 is 0.579 bits per heavy atom. The second kappa shape index (κ2) is 16.5. The molecule has 0 saturated carbocycles. The van der Waals surface area contributed by atoms with Gasteiger partial charge in [0.25, 0.3) is 0 Å². The third-order valence-electron chi connectivity index (χ3n) is 16.5. The average Bonchev–Trinajstić information content (AvgIpc) is 4.22. The van der Waals surface area contributed by atoms with Gasteiger partial charge in [-0.05, 0) is 65.8 Å². The summed E-state index contributed by atoms with van der Waals surface area (Å²) in [6.45, 7) is 0. The predicted octanol–water partition coefficient (Wildman–Crippen LogP) is 10.4. The van der Waals surface area contributed by atoms with Crippen molar-refractivity contribution in [3.05, 3.63) is 273 Å². The lowest BCUT2D eigenvalue weighted by Gasteiger charge is -2.40. The summed E-state index contributed by atoms with van der Waals surface area (Å²) in [6.07, 6.45) is 0. The highest BCUT2D eigenvalue weighted by atomic mass is 28.3. The van der Waals surface area contributed by atoms with Gasteiger partial charge in [-0.25, -0.2) is 15.0 Å². The summed E-state index contributed by atoms with van der Waals surface area (Å²) in [4.78, 5) is 16.4. The van der Waals surface area contributed by atoms with Gasteiger partial charge in [-0.1, -0.05) is 249 Å². The molecule has 0 aliphatic carbocycles. The second-order valence-corrected chi connectivity index (χ2v) is 27.7. The number of hydrogen-bond acceptors (Lipinski definition) is 3. The van der Waals surface area contributed by atoms with Crippen LogP contribution in [0.5, 0.6) is 0 Å². The molecule has 5 nitrogen and oxygen atoms in total. The largest absolute Gasteiger partial charge is 0.309 e. The zero-order valence-corrected chi connectivity index (χ0v) is 43.2. The zero-order valence-electron chi connectivity index (χ0n) is 41.2. The van der Waals surface area contributed by atoms with Gasteiger partial charge in [-0.15, -0.1) is 0 Å². The highest BCUT2D eigenvalue weighted by molar-refractivity contribution is 7.22. The fraction of sp³-hybridized carbons (Fsp3) is 0. The van der Waals surface area contributed by atoms with Crippen molar-refractivity contribution < 1.29 is 0 Å². The van der Waals surface area contributed by atoms with Gasteiger partial charge >= 0.3 is 0 Å². The summed E-state index contributed by atoms with van der Waals surface area (Å²) in [5, 5.41) is 15.8. The lowest BCUT2D eigenvalue weighted by Crippen LogP contribution is -2.76. The van der Waals surface area contributed by atoms with Gasteiger partial charge in [0.05, 0.1) is 22.1 Å². The molecule has 2 unspecified atom stereocenters. The monoisotopic (exact) mass is 999 g/mol. The summed E-state index contributed by atoms with van der Waals surface area (Å²) in [5.41, 5.74) is 10.3. The number of hydrogen-bond donors (Lipinski definition) is 0. The van der Waals surface area contributed by atoms with Gasteiger partial charge in [0.2, 0.25) is 0 Å². The quantitative estimate of drug-likeness (QED) is 0.150. The van der Waals surface area contributed by atoms with Crippen molar-refractivity contribution in [3.8, 4) is 45.5 Å². The molecular formula is C69H45N5Si2. The highest BCUT2D eigenvalue weighted by Crippen LogP contribution is 2.38. The number of aromatic nitrogens is 5. The van der Waals surface area contributed by atoms with Crippen molar-refractivity contribution in [1.82, 2.24) is 24.1 Å². The fourth-order valence-electron chi connectivity index (χ4n) is 13.5. The van der Waals surface area contributed by atoms with Crippen LogP contribution in [0.3, 0.4) is 0 Å². The summed E-state index contributed by atoms with van der Waals surface area (Å²) >= 11 is 0. The van der Waals surface area contributed by atoms with Crippen LogP contribution in [-0.4, -0.2) is 40.2 Å². The van der Waals surface area contributed by atoms with E-state index >= 15 is 0 Å². The van der Waals surface area contributed by atoms with E-state index in [2.05, 4.69) is 276 Å². The van der Waals surface area contributed by atoms with Gasteiger partial charge in [0.1, 0.15) is 0 Å². The van der Waals surface area contributed by atoms with Crippen LogP contribution in [0, 0.1) is 0 Å². The molecule has 0 saturated heterocycles. The van der Waals surface area contributed by atoms with E-state index in [1.54, 1.807) is 0 Å². The van der Waals surface area contributed by atoms with E-state index in [1.165, 1.54) is 96.5 Å². The molecule has 2 aliphatic heterocycles. The van der Waals surface area contributed by atoms with Gasteiger partial charge in [0.15, 0.2) is 33.6 Å². The Labute approximate surface area is 441 Å². The highest BCUT2D eigenvalue weighted by Gasteiger charge is 2.49. The Hall–Kier alpha value is -9.54. The zero-order chi connectivity index (χ0) is 50.0. The maximum atomic E-state index is 5.56. The Morgan fingerprint density at radius 1 is 0.250 bits per heavy atom. The van der Waals surface area contributed by atoms with Crippen LogP contribution < -0.4 is 41.5 Å². The van der Waals surface area contributed by atoms with Crippen molar-refractivity contribution in [1.29, 1.82) is 0 Å². The summed E-state index contributed by atoms with van der Waals surface area (Å²) in [5.74, 6) is 1.91. The second-order valence-electron chi connectivity index (χ2n) is 20.2. The molecule has 5 heterocycles. The standard InChI is InChI=1S/C69H45N5Si2/c1-4-22-46(23-5-1)67-70-68(47-24-18-30-51(44-47)75(49-26-6-2-7-27-49)61-40-16-14-38-59(61)73-57-36-12-10-32-53(57)55-34-20-42-63(75)65(55)73)72-69(71-67)48-25-19-31-52(45-48)76(50-28-8-3-9-29-50)62-41-17-15-39-60(62)74-58-37-13-11-33-54(58)56-35-21-43-64(76)66(56)74/h1-45H. The smallest absolute Gasteiger partial charge is 0.184 e. The summed E-state index contributed by atoms with van der Waals surface area (Å²) in [7, 11) is -6.06. The van der Waals surface area contributed by atoms with E-state index in [9.17, 15) is 0 Å². The van der Waals surface area contributed by atoms with Crippen molar-refractivity contribution in [2.45, 2.75) is 0 Å². The maximum Gasteiger partial charge on any atom is 0.184 e. The molecule has 7 heteroatoms. The van der Waals surface area contributed by atoms with Crippen LogP contribution in [0.25, 0.3) is 89.2 Å². The normalized spacial score (nSPS) is 16.3. The molecule has 76 heavy (non-hydrogen) atoms. The van der Waals surface area contributed by atoms with Crippen molar-refractivity contribution in [2.75, 3.05) is 0 Å². The van der Waals surface area contributed by atoms with Crippen molar-refractivity contribution in [2.24, 2.45) is 0 Å². The third kappa shape index (κ3) is 5.86. The first-order chi connectivity index (χ1) is 37.7. The van der Waals surface area contributed by atoms with E-state index in [0.29, 0.717) is 17.5 Å². The average molecular weight is 1000 g/mol. The van der Waals surface area contributed by atoms with Crippen molar-refractivity contribution in [3.63, 3.8) is 0 Å². The van der Waals surface area contributed by atoms with Crippen LogP contribution >= 0.6 is 0 Å². The molecule has 2 aliphatic rings. The molecule has 11 aromatic carbocycles. The molecule has 0 bridgehead atoms. The summed E-state index contributed by atoms with van der Waals surface area (Å²) in [6, 6.07) is 101. The number of nitrogens with zero attached hydrogens (tertiary/aromatic N) is 5. The van der Waals surface area contributed by atoms with Crippen LogP contribution in [-0.2, 0) is 0 Å². The number of fused-ring (bicyclic) bond motifs is 10. The minimum atomic E-state index is -3.03. The first-order valence-electron chi connectivity index (χ1n) is 26.1. The molecule has 0 fully saturated rings. The first-order valence-corrected chi connectivity index (χ1v) is 30.1. The number of benzene rings is 11. The fourth-order valence-corrected chi connectivity index (χ4v) is 23.8. The number of rotatable bonds is 7. The first kappa shape index (κ1) is 42.9. The van der Waals surface area contributed by atoms with Crippen molar-refractivity contribution >= 4 is 101 Å². The Morgan fingerprint density at radius 3 is 1.05 bits per heavy atom. The van der Waals surface area contributed by atoms with Gasteiger partial charge in [-0.2, -0.15) is 0 Å². The minimum Gasteiger partial charge on any atom is -0.309 e. The molecule has 354 valence electrons. The van der Waals surface area contributed by atoms with Gasteiger partial charge in [0, 0.05) is 49.6 Å². The maximum absolute atomic E-state index is 5.56. The topological polar surface area (TPSA) is 48.5 Å². The third-order valence-corrected chi connectivity index (χ3v) is 26.1.